The van der Waals surface area contributed by atoms with Gasteiger partial charge in [0, 0.05) is 6.54 Å². The number of hydrogen-bond acceptors (Lipinski definition) is 5. The summed E-state index contributed by atoms with van der Waals surface area (Å²) in [6.07, 6.45) is 2.09. The van der Waals surface area contributed by atoms with Gasteiger partial charge in [0.2, 0.25) is 0 Å². The van der Waals surface area contributed by atoms with Crippen LogP contribution in [0.15, 0.2) is 65.7 Å². The number of fused-ring (bicyclic) bond motifs is 1. The number of rotatable bonds is 6. The molecule has 4 aromatic rings. The van der Waals surface area contributed by atoms with E-state index in [1.807, 2.05) is 30.3 Å². The quantitative estimate of drug-likeness (QED) is 0.491. The topological polar surface area (TPSA) is 74.8 Å². The second-order valence-corrected chi connectivity index (χ2v) is 5.91. The molecule has 0 aliphatic rings. The SMILES string of the molecule is O=c1c2nnn(-c3ccccc3)c2ncn1CCCOc1ccc(F)cc1. The minimum Gasteiger partial charge on any atom is -0.494 e. The molecular weight excluding hydrogens is 349 g/mol. The number of aromatic nitrogens is 5. The minimum absolute atomic E-state index is 0.223. The fourth-order valence-electron chi connectivity index (χ4n) is 2.70. The highest BCUT2D eigenvalue weighted by Gasteiger charge is 2.12. The lowest BCUT2D eigenvalue weighted by Gasteiger charge is -2.07. The molecule has 4 rings (SSSR count). The van der Waals surface area contributed by atoms with E-state index in [-0.39, 0.29) is 16.9 Å². The monoisotopic (exact) mass is 365 g/mol. The molecule has 2 aromatic carbocycles. The van der Waals surface area contributed by atoms with E-state index in [9.17, 15) is 9.18 Å². The Bertz CT molecular complexity index is 1110. The predicted octanol–water partition coefficient (Wildman–Crippen LogP) is 2.59. The first-order chi connectivity index (χ1) is 13.2. The smallest absolute Gasteiger partial charge is 0.283 e. The molecule has 0 unspecified atom stereocenters. The molecule has 7 nitrogen and oxygen atoms in total. The lowest BCUT2D eigenvalue weighted by molar-refractivity contribution is 0.300. The van der Waals surface area contributed by atoms with Crippen molar-refractivity contribution < 1.29 is 9.13 Å². The van der Waals surface area contributed by atoms with Crippen molar-refractivity contribution in [3.63, 3.8) is 0 Å². The maximum atomic E-state index is 12.9. The number of halogens is 1. The van der Waals surface area contributed by atoms with Gasteiger partial charge in [0.1, 0.15) is 17.9 Å². The first kappa shape index (κ1) is 16.9. The molecule has 2 heterocycles. The van der Waals surface area contributed by atoms with Crippen LogP contribution in [0.25, 0.3) is 16.9 Å². The average Bonchev–Trinajstić information content (AvgIpc) is 3.14. The van der Waals surface area contributed by atoms with Crippen LogP contribution in [0, 0.1) is 5.82 Å². The highest BCUT2D eigenvalue weighted by atomic mass is 19.1. The zero-order valence-electron chi connectivity index (χ0n) is 14.3. The summed E-state index contributed by atoms with van der Waals surface area (Å²) >= 11 is 0. The van der Waals surface area contributed by atoms with Gasteiger partial charge in [-0.05, 0) is 42.8 Å². The van der Waals surface area contributed by atoms with Gasteiger partial charge in [0.25, 0.3) is 5.56 Å². The molecule has 0 radical (unpaired) electrons. The fraction of sp³-hybridized carbons (Fsp3) is 0.158. The van der Waals surface area contributed by atoms with E-state index in [1.165, 1.54) is 23.0 Å². The van der Waals surface area contributed by atoms with Gasteiger partial charge in [-0.3, -0.25) is 9.36 Å². The van der Waals surface area contributed by atoms with Gasteiger partial charge in [-0.1, -0.05) is 23.4 Å². The highest BCUT2D eigenvalue weighted by molar-refractivity contribution is 5.70. The fourth-order valence-corrected chi connectivity index (χ4v) is 2.70. The molecule has 0 saturated heterocycles. The lowest BCUT2D eigenvalue weighted by atomic mass is 10.3. The molecule has 8 heteroatoms. The van der Waals surface area contributed by atoms with Crippen molar-refractivity contribution in [2.24, 2.45) is 0 Å². The molecule has 0 bridgehead atoms. The third-order valence-corrected chi connectivity index (χ3v) is 4.06. The summed E-state index contributed by atoms with van der Waals surface area (Å²) < 4.78 is 21.4. The van der Waals surface area contributed by atoms with E-state index in [1.54, 1.807) is 16.8 Å². The molecule has 0 aliphatic carbocycles. The van der Waals surface area contributed by atoms with E-state index < -0.39 is 0 Å². The Kier molecular flexibility index (Phi) is 4.61. The molecule has 0 spiro atoms. The second kappa shape index (κ2) is 7.36. The van der Waals surface area contributed by atoms with Crippen molar-refractivity contribution in [1.29, 1.82) is 0 Å². The van der Waals surface area contributed by atoms with Gasteiger partial charge < -0.3 is 4.74 Å². The molecule has 136 valence electrons. The van der Waals surface area contributed by atoms with Crippen molar-refractivity contribution in [1.82, 2.24) is 24.5 Å². The summed E-state index contributed by atoms with van der Waals surface area (Å²) in [4.78, 5) is 16.9. The second-order valence-electron chi connectivity index (χ2n) is 5.91. The van der Waals surface area contributed by atoms with Crippen LogP contribution >= 0.6 is 0 Å². The highest BCUT2D eigenvalue weighted by Crippen LogP contribution is 2.12. The Hall–Kier alpha value is -3.55. The van der Waals surface area contributed by atoms with Crippen LogP contribution in [-0.4, -0.2) is 31.2 Å². The number of hydrogen-bond donors (Lipinski definition) is 0. The van der Waals surface area contributed by atoms with Crippen LogP contribution in [0.3, 0.4) is 0 Å². The molecule has 0 atom stereocenters. The Morgan fingerprint density at radius 3 is 2.59 bits per heavy atom. The lowest BCUT2D eigenvalue weighted by Crippen LogP contribution is -2.22. The van der Waals surface area contributed by atoms with Gasteiger partial charge in [-0.15, -0.1) is 5.10 Å². The Morgan fingerprint density at radius 2 is 1.81 bits per heavy atom. The van der Waals surface area contributed by atoms with Crippen molar-refractivity contribution in [3.8, 4) is 11.4 Å². The summed E-state index contributed by atoms with van der Waals surface area (Å²) in [5.74, 6) is 0.278. The Labute approximate surface area is 153 Å². The standard InChI is InChI=1S/C19H16FN5O2/c20-14-7-9-16(10-8-14)27-12-4-11-24-13-21-18-17(19(24)26)22-23-25(18)15-5-2-1-3-6-15/h1-3,5-10,13H,4,11-12H2. The van der Waals surface area contributed by atoms with Gasteiger partial charge in [-0.2, -0.15) is 4.68 Å². The third-order valence-electron chi connectivity index (χ3n) is 4.06. The molecule has 0 amide bonds. The number of ether oxygens (including phenoxy) is 1. The van der Waals surface area contributed by atoms with E-state index >= 15 is 0 Å². The maximum absolute atomic E-state index is 12.9. The van der Waals surface area contributed by atoms with Crippen LogP contribution < -0.4 is 10.3 Å². The van der Waals surface area contributed by atoms with E-state index in [2.05, 4.69) is 15.3 Å². The first-order valence-electron chi connectivity index (χ1n) is 8.47. The van der Waals surface area contributed by atoms with Crippen LogP contribution in [0.2, 0.25) is 0 Å². The van der Waals surface area contributed by atoms with Crippen molar-refractivity contribution in [2.45, 2.75) is 13.0 Å². The number of aryl methyl sites for hydroxylation is 1. The third kappa shape index (κ3) is 3.55. The Balaban J connectivity index is 1.46. The van der Waals surface area contributed by atoms with Crippen molar-refractivity contribution in [2.75, 3.05) is 6.61 Å². The van der Waals surface area contributed by atoms with Crippen molar-refractivity contribution >= 4 is 11.2 Å². The van der Waals surface area contributed by atoms with Crippen LogP contribution in [-0.2, 0) is 6.54 Å². The molecule has 27 heavy (non-hydrogen) atoms. The Morgan fingerprint density at radius 1 is 1.04 bits per heavy atom. The number of nitrogens with zero attached hydrogens (tertiary/aromatic N) is 5. The maximum Gasteiger partial charge on any atom is 0.283 e. The van der Waals surface area contributed by atoms with Crippen LogP contribution in [0.5, 0.6) is 5.75 Å². The van der Waals surface area contributed by atoms with Gasteiger partial charge in [-0.25, -0.2) is 9.37 Å². The summed E-state index contributed by atoms with van der Waals surface area (Å²) in [6.45, 7) is 0.827. The van der Waals surface area contributed by atoms with Crippen LogP contribution in [0.4, 0.5) is 4.39 Å². The molecular formula is C19H16FN5O2. The molecule has 2 aromatic heterocycles. The van der Waals surface area contributed by atoms with Gasteiger partial charge in [0.15, 0.2) is 11.2 Å². The van der Waals surface area contributed by atoms with E-state index in [0.717, 1.165) is 5.69 Å². The predicted molar refractivity (Wildman–Crippen MR) is 97.4 cm³/mol. The normalized spacial score (nSPS) is 11.0. The first-order valence-corrected chi connectivity index (χ1v) is 8.47. The summed E-state index contributed by atoms with van der Waals surface area (Å²) in [5.41, 5.74) is 1.19. The zero-order valence-corrected chi connectivity index (χ0v) is 14.3. The summed E-state index contributed by atoms with van der Waals surface area (Å²) in [6, 6.07) is 15.2. The largest absolute Gasteiger partial charge is 0.494 e. The van der Waals surface area contributed by atoms with Crippen molar-refractivity contribution in [3.05, 3.63) is 77.1 Å². The number of benzene rings is 2. The summed E-state index contributed by atoms with van der Waals surface area (Å²) in [7, 11) is 0. The molecule has 0 N–H and O–H groups in total. The van der Waals surface area contributed by atoms with E-state index in [0.29, 0.717) is 31.0 Å². The molecule has 0 fully saturated rings. The molecule has 0 saturated carbocycles. The van der Waals surface area contributed by atoms with Crippen LogP contribution in [0.1, 0.15) is 6.42 Å². The minimum atomic E-state index is -0.308. The number of para-hydroxylation sites is 1. The van der Waals surface area contributed by atoms with Gasteiger partial charge in [0.05, 0.1) is 12.3 Å². The summed E-state index contributed by atoms with van der Waals surface area (Å²) in [5, 5.41) is 8.04. The molecule has 0 aliphatic heterocycles. The van der Waals surface area contributed by atoms with E-state index in [4.69, 9.17) is 4.74 Å². The zero-order chi connectivity index (χ0) is 18.6. The average molecular weight is 365 g/mol. The van der Waals surface area contributed by atoms with Gasteiger partial charge >= 0.3 is 0 Å².